The zero-order valence-electron chi connectivity index (χ0n) is 17.1. The van der Waals surface area contributed by atoms with E-state index in [1.165, 1.54) is 4.90 Å². The summed E-state index contributed by atoms with van der Waals surface area (Å²) in [5.41, 5.74) is 1.66. The first-order chi connectivity index (χ1) is 14.0. The lowest BCUT2D eigenvalue weighted by molar-refractivity contribution is -0.143. The van der Waals surface area contributed by atoms with Crippen LogP contribution in [0.15, 0.2) is 18.2 Å². The van der Waals surface area contributed by atoms with E-state index in [4.69, 9.17) is 11.6 Å². The third-order valence-corrected chi connectivity index (χ3v) is 4.89. The molecule has 0 radical (unpaired) electrons. The summed E-state index contributed by atoms with van der Waals surface area (Å²) in [7, 11) is 0. The topological polar surface area (TPSA) is 127 Å². The Bertz CT molecular complexity index is 824. The molecule has 0 bridgehead atoms. The minimum Gasteiger partial charge on any atom is -0.480 e. The standard InChI is InChI=1S/C20H26ClN3O6/c1-11(2)4-15(18(26)27)22-16(19(28)29)9-24-17(25)10-23(20(24)30)8-13-5-12(3)6-14(21)7-13/h5-7,11,15-16,22H,4,8-10H2,1-3H3,(H,26,27)(H,28,29)/t15-,16-/m0/s1. The zero-order valence-corrected chi connectivity index (χ0v) is 17.8. The second kappa shape index (κ2) is 9.90. The van der Waals surface area contributed by atoms with E-state index in [1.807, 2.05) is 26.8 Å². The van der Waals surface area contributed by atoms with Gasteiger partial charge in [0.1, 0.15) is 18.6 Å². The average molecular weight is 440 g/mol. The van der Waals surface area contributed by atoms with Gasteiger partial charge >= 0.3 is 18.0 Å². The monoisotopic (exact) mass is 439 g/mol. The number of amides is 3. The summed E-state index contributed by atoms with van der Waals surface area (Å²) >= 11 is 6.04. The van der Waals surface area contributed by atoms with Crippen molar-refractivity contribution in [2.45, 2.75) is 45.8 Å². The molecule has 0 aliphatic carbocycles. The number of carboxylic acids is 2. The molecule has 1 aliphatic heterocycles. The largest absolute Gasteiger partial charge is 0.480 e. The number of hydrogen-bond acceptors (Lipinski definition) is 5. The Balaban J connectivity index is 2.11. The van der Waals surface area contributed by atoms with Crippen LogP contribution < -0.4 is 5.32 Å². The van der Waals surface area contributed by atoms with Gasteiger partial charge in [0.25, 0.3) is 0 Å². The van der Waals surface area contributed by atoms with Crippen LogP contribution in [0.3, 0.4) is 0 Å². The molecule has 1 aromatic carbocycles. The maximum atomic E-state index is 12.7. The third kappa shape index (κ3) is 6.17. The van der Waals surface area contributed by atoms with Crippen LogP contribution in [0, 0.1) is 12.8 Å². The van der Waals surface area contributed by atoms with Crippen LogP contribution in [0.2, 0.25) is 5.02 Å². The third-order valence-electron chi connectivity index (χ3n) is 4.67. The van der Waals surface area contributed by atoms with Crippen molar-refractivity contribution in [2.24, 2.45) is 5.92 Å². The van der Waals surface area contributed by atoms with Crippen molar-refractivity contribution in [1.82, 2.24) is 15.1 Å². The van der Waals surface area contributed by atoms with Crippen LogP contribution in [0.5, 0.6) is 0 Å². The molecule has 10 heteroatoms. The van der Waals surface area contributed by atoms with E-state index in [2.05, 4.69) is 5.32 Å². The SMILES string of the molecule is Cc1cc(Cl)cc(CN2CC(=O)N(C[C@H](N[C@@H](CC(C)C)C(=O)O)C(=O)O)C2=O)c1. The van der Waals surface area contributed by atoms with Gasteiger partial charge in [0.05, 0.1) is 6.54 Å². The molecule has 1 saturated heterocycles. The molecule has 9 nitrogen and oxygen atoms in total. The quantitative estimate of drug-likeness (QED) is 0.475. The lowest BCUT2D eigenvalue weighted by atomic mass is 10.0. The summed E-state index contributed by atoms with van der Waals surface area (Å²) in [6, 6.07) is 2.18. The highest BCUT2D eigenvalue weighted by Crippen LogP contribution is 2.19. The van der Waals surface area contributed by atoms with Crippen molar-refractivity contribution in [3.05, 3.63) is 34.3 Å². The van der Waals surface area contributed by atoms with Gasteiger partial charge in [-0.2, -0.15) is 0 Å². The van der Waals surface area contributed by atoms with Gasteiger partial charge in [0.15, 0.2) is 0 Å². The number of imide groups is 1. The first-order valence-corrected chi connectivity index (χ1v) is 9.92. The van der Waals surface area contributed by atoms with Crippen molar-refractivity contribution in [1.29, 1.82) is 0 Å². The van der Waals surface area contributed by atoms with Gasteiger partial charge in [-0.25, -0.2) is 4.79 Å². The van der Waals surface area contributed by atoms with Gasteiger partial charge in [-0.1, -0.05) is 31.5 Å². The van der Waals surface area contributed by atoms with Crippen molar-refractivity contribution in [2.75, 3.05) is 13.1 Å². The molecule has 0 saturated carbocycles. The number of benzene rings is 1. The first kappa shape index (κ1) is 23.6. The fourth-order valence-corrected chi connectivity index (χ4v) is 3.67. The number of nitrogens with zero attached hydrogens (tertiary/aromatic N) is 2. The lowest BCUT2D eigenvalue weighted by Crippen LogP contribution is -2.53. The molecule has 164 valence electrons. The lowest BCUT2D eigenvalue weighted by Gasteiger charge is -2.25. The summed E-state index contributed by atoms with van der Waals surface area (Å²) in [6.07, 6.45) is 0.210. The molecule has 0 spiro atoms. The fourth-order valence-electron chi connectivity index (χ4n) is 3.36. The Hall–Kier alpha value is -2.65. The number of carbonyl (C=O) groups is 4. The normalized spacial score (nSPS) is 16.3. The maximum absolute atomic E-state index is 12.7. The number of aryl methyl sites for hydroxylation is 1. The zero-order chi connectivity index (χ0) is 22.6. The molecule has 1 fully saturated rings. The Kier molecular flexibility index (Phi) is 7.80. The molecule has 0 aromatic heterocycles. The highest BCUT2D eigenvalue weighted by atomic mass is 35.5. The van der Waals surface area contributed by atoms with Crippen LogP contribution in [0.1, 0.15) is 31.4 Å². The number of carbonyl (C=O) groups excluding carboxylic acids is 2. The molecular formula is C20H26ClN3O6. The van der Waals surface area contributed by atoms with Crippen molar-refractivity contribution >= 4 is 35.5 Å². The summed E-state index contributed by atoms with van der Waals surface area (Å²) in [4.78, 5) is 50.3. The van der Waals surface area contributed by atoms with Gasteiger partial charge in [-0.05, 0) is 42.5 Å². The smallest absolute Gasteiger partial charge is 0.327 e. The predicted octanol–water partition coefficient (Wildman–Crippen LogP) is 1.95. The van der Waals surface area contributed by atoms with Crippen molar-refractivity contribution < 1.29 is 29.4 Å². The maximum Gasteiger partial charge on any atom is 0.327 e. The van der Waals surface area contributed by atoms with Crippen LogP contribution in [-0.4, -0.2) is 69.1 Å². The van der Waals surface area contributed by atoms with Gasteiger partial charge in [-0.3, -0.25) is 24.6 Å². The second-order valence-corrected chi connectivity index (χ2v) is 8.29. The van der Waals surface area contributed by atoms with E-state index in [1.54, 1.807) is 12.1 Å². The van der Waals surface area contributed by atoms with E-state index >= 15 is 0 Å². The number of urea groups is 1. The molecule has 3 N–H and O–H groups in total. The molecule has 30 heavy (non-hydrogen) atoms. The Morgan fingerprint density at radius 2 is 1.77 bits per heavy atom. The minimum atomic E-state index is -1.40. The Morgan fingerprint density at radius 1 is 1.13 bits per heavy atom. The van der Waals surface area contributed by atoms with Gasteiger partial charge in [-0.15, -0.1) is 0 Å². The second-order valence-electron chi connectivity index (χ2n) is 7.86. The number of rotatable bonds is 10. The van der Waals surface area contributed by atoms with Crippen molar-refractivity contribution in [3.63, 3.8) is 0 Å². The molecule has 0 unspecified atom stereocenters. The van der Waals surface area contributed by atoms with E-state index in [0.717, 1.165) is 16.0 Å². The molecule has 2 rings (SSSR count). The predicted molar refractivity (Wildman–Crippen MR) is 109 cm³/mol. The number of hydrogen-bond donors (Lipinski definition) is 3. The summed E-state index contributed by atoms with van der Waals surface area (Å²) in [6.45, 7) is 4.99. The van der Waals surface area contributed by atoms with E-state index in [-0.39, 0.29) is 25.4 Å². The molecular weight excluding hydrogens is 414 g/mol. The number of nitrogens with one attached hydrogen (secondary N) is 1. The minimum absolute atomic E-state index is 0.0136. The van der Waals surface area contributed by atoms with Crippen LogP contribution >= 0.6 is 11.6 Å². The first-order valence-electron chi connectivity index (χ1n) is 9.55. The van der Waals surface area contributed by atoms with Gasteiger partial charge < -0.3 is 15.1 Å². The number of halogens is 1. The van der Waals surface area contributed by atoms with Crippen LogP contribution in [-0.2, 0) is 20.9 Å². The fraction of sp³-hybridized carbons (Fsp3) is 0.500. The highest BCUT2D eigenvalue weighted by Gasteiger charge is 2.39. The number of aliphatic carboxylic acids is 2. The Labute approximate surface area is 179 Å². The molecule has 1 heterocycles. The van der Waals surface area contributed by atoms with Crippen molar-refractivity contribution in [3.8, 4) is 0 Å². The van der Waals surface area contributed by atoms with E-state index in [9.17, 15) is 29.4 Å². The molecule has 1 aromatic rings. The summed E-state index contributed by atoms with van der Waals surface area (Å²) in [5.74, 6) is -3.05. The molecule has 2 atom stereocenters. The van der Waals surface area contributed by atoms with E-state index in [0.29, 0.717) is 5.02 Å². The molecule has 1 aliphatic rings. The highest BCUT2D eigenvalue weighted by molar-refractivity contribution is 6.30. The Morgan fingerprint density at radius 3 is 2.30 bits per heavy atom. The summed E-state index contributed by atoms with van der Waals surface area (Å²) in [5, 5.41) is 21.9. The molecule has 3 amide bonds. The number of carboxylic acid groups (broad SMARTS) is 2. The van der Waals surface area contributed by atoms with Crippen LogP contribution in [0.4, 0.5) is 4.79 Å². The van der Waals surface area contributed by atoms with Crippen LogP contribution in [0.25, 0.3) is 0 Å². The van der Waals surface area contributed by atoms with Gasteiger partial charge in [0, 0.05) is 11.6 Å². The van der Waals surface area contributed by atoms with E-state index < -0.39 is 42.5 Å². The average Bonchev–Trinajstić information content (AvgIpc) is 2.86. The summed E-state index contributed by atoms with van der Waals surface area (Å²) < 4.78 is 0. The van der Waals surface area contributed by atoms with Gasteiger partial charge in [0.2, 0.25) is 5.91 Å².